The van der Waals surface area contributed by atoms with Gasteiger partial charge in [-0.1, -0.05) is 41.4 Å². The van der Waals surface area contributed by atoms with Crippen molar-refractivity contribution in [1.29, 1.82) is 0 Å². The number of carbonyl (C=O) groups excluding carboxylic acids is 1. The highest BCUT2D eigenvalue weighted by Crippen LogP contribution is 2.39. The third kappa shape index (κ3) is 5.52. The Hall–Kier alpha value is -2.92. The largest absolute Gasteiger partial charge is 0.354 e. The fourth-order valence-electron chi connectivity index (χ4n) is 5.22. The second-order valence-corrected chi connectivity index (χ2v) is 11.1. The number of fused-ring (bicyclic) bond motifs is 1. The van der Waals surface area contributed by atoms with Gasteiger partial charge in [-0.3, -0.25) is 9.78 Å². The van der Waals surface area contributed by atoms with Crippen LogP contribution in [0, 0.1) is 5.92 Å². The van der Waals surface area contributed by atoms with Crippen LogP contribution in [0.15, 0.2) is 66.9 Å². The number of nitrogens with zero attached hydrogens (tertiary/aromatic N) is 2. The molecule has 188 valence electrons. The van der Waals surface area contributed by atoms with Crippen molar-refractivity contribution in [3.05, 3.63) is 88.0 Å². The molecule has 1 saturated heterocycles. The first kappa shape index (κ1) is 24.4. The van der Waals surface area contributed by atoms with Crippen LogP contribution >= 0.6 is 23.2 Å². The van der Waals surface area contributed by atoms with Crippen LogP contribution in [0.4, 0.5) is 11.4 Å². The maximum absolute atomic E-state index is 13.3. The van der Waals surface area contributed by atoms with Crippen molar-refractivity contribution < 1.29 is 4.79 Å². The number of carbonyl (C=O) groups is 1. The third-order valence-electron chi connectivity index (χ3n) is 7.39. The van der Waals surface area contributed by atoms with Gasteiger partial charge in [0.1, 0.15) is 0 Å². The highest BCUT2D eigenvalue weighted by atomic mass is 35.5. The summed E-state index contributed by atoms with van der Waals surface area (Å²) in [6.45, 7) is 3.49. The van der Waals surface area contributed by atoms with Crippen molar-refractivity contribution in [3.63, 3.8) is 0 Å². The van der Waals surface area contributed by atoms with E-state index in [9.17, 15) is 4.79 Å². The summed E-state index contributed by atoms with van der Waals surface area (Å²) < 4.78 is 0. The SMILES string of the molecule is O=C(c1cnc2ccc(-c3cc(Cl)cc(Cl)c3)cc2c1Nc1cccc(CCN2CCCC2)c1)C1CC1. The number of ketones is 1. The van der Waals surface area contributed by atoms with Gasteiger partial charge in [0.25, 0.3) is 0 Å². The van der Waals surface area contributed by atoms with E-state index in [1.165, 1.54) is 31.5 Å². The van der Waals surface area contributed by atoms with E-state index in [0.29, 0.717) is 15.6 Å². The second-order valence-electron chi connectivity index (χ2n) is 10.2. The van der Waals surface area contributed by atoms with Crippen LogP contribution in [0.1, 0.15) is 41.6 Å². The molecular weight excluding hydrogens is 501 g/mol. The molecule has 2 heterocycles. The molecule has 2 fully saturated rings. The van der Waals surface area contributed by atoms with Crippen LogP contribution in [0.5, 0.6) is 0 Å². The molecule has 1 saturated carbocycles. The molecule has 0 atom stereocenters. The van der Waals surface area contributed by atoms with Crippen LogP contribution in [-0.2, 0) is 6.42 Å². The first-order chi connectivity index (χ1) is 18.0. The van der Waals surface area contributed by atoms with Crippen molar-refractivity contribution in [2.45, 2.75) is 32.1 Å². The fourth-order valence-corrected chi connectivity index (χ4v) is 5.75. The van der Waals surface area contributed by atoms with E-state index in [1.807, 2.05) is 24.3 Å². The van der Waals surface area contributed by atoms with Gasteiger partial charge in [-0.05, 0) is 104 Å². The normalized spacial score (nSPS) is 15.8. The summed E-state index contributed by atoms with van der Waals surface area (Å²) in [4.78, 5) is 20.5. The lowest BCUT2D eigenvalue weighted by atomic mass is 9.99. The zero-order chi connectivity index (χ0) is 25.4. The number of halogens is 2. The van der Waals surface area contributed by atoms with Gasteiger partial charge in [-0.15, -0.1) is 0 Å². The van der Waals surface area contributed by atoms with E-state index in [-0.39, 0.29) is 11.7 Å². The number of pyridine rings is 1. The molecule has 6 rings (SSSR count). The molecule has 0 unspecified atom stereocenters. The molecule has 4 aromatic rings. The molecule has 0 radical (unpaired) electrons. The van der Waals surface area contributed by atoms with Crippen LogP contribution in [0.2, 0.25) is 10.0 Å². The summed E-state index contributed by atoms with van der Waals surface area (Å²) in [7, 11) is 0. The summed E-state index contributed by atoms with van der Waals surface area (Å²) in [6.07, 6.45) is 7.25. The van der Waals surface area contributed by atoms with Gasteiger partial charge >= 0.3 is 0 Å². The number of hydrogen-bond donors (Lipinski definition) is 1. The molecule has 0 spiro atoms. The lowest BCUT2D eigenvalue weighted by molar-refractivity contribution is 0.0968. The maximum Gasteiger partial charge on any atom is 0.169 e. The molecule has 1 aliphatic heterocycles. The number of Topliss-reactive ketones (excluding diaryl/α,β-unsaturated/α-hetero) is 1. The van der Waals surface area contributed by atoms with Crippen molar-refractivity contribution in [2.75, 3.05) is 25.0 Å². The van der Waals surface area contributed by atoms with Crippen molar-refractivity contribution in [2.24, 2.45) is 5.92 Å². The van der Waals surface area contributed by atoms with Gasteiger partial charge < -0.3 is 10.2 Å². The molecule has 0 amide bonds. The number of likely N-dealkylation sites (tertiary alicyclic amines) is 1. The lowest BCUT2D eigenvalue weighted by Crippen LogP contribution is -2.21. The Balaban J connectivity index is 1.39. The van der Waals surface area contributed by atoms with Gasteiger partial charge in [0.05, 0.1) is 16.8 Å². The van der Waals surface area contributed by atoms with Crippen LogP contribution < -0.4 is 5.32 Å². The summed E-state index contributed by atoms with van der Waals surface area (Å²) in [5.74, 6) is 0.264. The Labute approximate surface area is 227 Å². The van der Waals surface area contributed by atoms with E-state index in [2.05, 4.69) is 45.5 Å². The lowest BCUT2D eigenvalue weighted by Gasteiger charge is -2.17. The van der Waals surface area contributed by atoms with Gasteiger partial charge in [0, 0.05) is 39.8 Å². The van der Waals surface area contributed by atoms with Gasteiger partial charge in [-0.2, -0.15) is 0 Å². The minimum atomic E-state index is 0.0986. The number of aromatic nitrogens is 1. The number of anilines is 2. The highest BCUT2D eigenvalue weighted by Gasteiger charge is 2.32. The van der Waals surface area contributed by atoms with E-state index in [1.54, 1.807) is 12.3 Å². The molecule has 6 heteroatoms. The third-order valence-corrected chi connectivity index (χ3v) is 7.83. The Morgan fingerprint density at radius 2 is 1.73 bits per heavy atom. The quantitative estimate of drug-likeness (QED) is 0.233. The average molecular weight is 530 g/mol. The molecule has 1 aliphatic carbocycles. The van der Waals surface area contributed by atoms with Crippen LogP contribution in [-0.4, -0.2) is 35.3 Å². The minimum absolute atomic E-state index is 0.0986. The van der Waals surface area contributed by atoms with Crippen molar-refractivity contribution in [3.8, 4) is 11.1 Å². The topological polar surface area (TPSA) is 45.2 Å². The summed E-state index contributed by atoms with van der Waals surface area (Å²) in [5, 5.41) is 5.70. The van der Waals surface area contributed by atoms with Crippen LogP contribution in [0.3, 0.4) is 0 Å². The molecule has 3 aromatic carbocycles. The Bertz CT molecular complexity index is 1450. The number of benzene rings is 3. The minimum Gasteiger partial charge on any atom is -0.354 e. The molecule has 1 aromatic heterocycles. The Morgan fingerprint density at radius 1 is 0.946 bits per heavy atom. The highest BCUT2D eigenvalue weighted by molar-refractivity contribution is 6.35. The zero-order valence-corrected chi connectivity index (χ0v) is 22.2. The number of hydrogen-bond acceptors (Lipinski definition) is 4. The zero-order valence-electron chi connectivity index (χ0n) is 20.6. The van der Waals surface area contributed by atoms with Crippen molar-refractivity contribution in [1.82, 2.24) is 9.88 Å². The molecule has 1 N–H and O–H groups in total. The van der Waals surface area contributed by atoms with E-state index in [4.69, 9.17) is 23.2 Å². The van der Waals surface area contributed by atoms with Crippen molar-refractivity contribution >= 4 is 51.3 Å². The van der Waals surface area contributed by atoms with Crippen LogP contribution in [0.25, 0.3) is 22.0 Å². The average Bonchev–Trinajstić information content (AvgIpc) is 3.62. The first-order valence-electron chi connectivity index (χ1n) is 13.1. The summed E-state index contributed by atoms with van der Waals surface area (Å²) >= 11 is 12.6. The molecule has 2 aliphatic rings. The first-order valence-corrected chi connectivity index (χ1v) is 13.8. The van der Waals surface area contributed by atoms with E-state index < -0.39 is 0 Å². The predicted molar refractivity (Wildman–Crippen MR) is 153 cm³/mol. The number of nitrogens with one attached hydrogen (secondary N) is 1. The smallest absolute Gasteiger partial charge is 0.169 e. The fraction of sp³-hybridized carbons (Fsp3) is 0.290. The maximum atomic E-state index is 13.3. The monoisotopic (exact) mass is 529 g/mol. The van der Waals surface area contributed by atoms with E-state index >= 15 is 0 Å². The summed E-state index contributed by atoms with van der Waals surface area (Å²) in [6, 6.07) is 20.2. The molecule has 0 bridgehead atoms. The molecule has 37 heavy (non-hydrogen) atoms. The molecular formula is C31H29Cl2N3O. The Kier molecular flexibility index (Phi) is 6.90. The standard InChI is InChI=1S/C31H29Cl2N3O/c32-24-15-23(16-25(33)18-24)22-8-9-29-27(17-22)30(28(19-34-29)31(37)21-6-7-21)35-26-5-3-4-20(14-26)10-13-36-11-1-2-12-36/h3-5,8-9,14-19,21H,1-2,6-7,10-13H2,(H,34,35). The molecule has 4 nitrogen and oxygen atoms in total. The van der Waals surface area contributed by atoms with Gasteiger partial charge in [-0.25, -0.2) is 0 Å². The van der Waals surface area contributed by atoms with E-state index in [0.717, 1.165) is 59.2 Å². The van der Waals surface area contributed by atoms with Gasteiger partial charge in [0.2, 0.25) is 0 Å². The summed E-state index contributed by atoms with van der Waals surface area (Å²) in [5.41, 5.74) is 6.46. The van der Waals surface area contributed by atoms with Gasteiger partial charge in [0.15, 0.2) is 5.78 Å². The Morgan fingerprint density at radius 3 is 2.49 bits per heavy atom. The second kappa shape index (κ2) is 10.4. The predicted octanol–water partition coefficient (Wildman–Crippen LogP) is 8.18. The number of rotatable bonds is 8.